The summed E-state index contributed by atoms with van der Waals surface area (Å²) in [5.41, 5.74) is -1.23. The van der Waals surface area contributed by atoms with E-state index >= 15 is 0 Å². The Hall–Kier alpha value is -1.93. The van der Waals surface area contributed by atoms with Crippen molar-refractivity contribution in [2.75, 3.05) is 14.1 Å². The van der Waals surface area contributed by atoms with E-state index in [0.29, 0.717) is 0 Å². The van der Waals surface area contributed by atoms with Crippen LogP contribution in [-0.4, -0.2) is 49.3 Å². The summed E-state index contributed by atoms with van der Waals surface area (Å²) in [6.07, 6.45) is 0. The number of nitrogens with zero attached hydrogens (tertiary/aromatic N) is 1. The number of sulfonamides is 1. The van der Waals surface area contributed by atoms with Gasteiger partial charge in [-0.05, 0) is 38.1 Å². The van der Waals surface area contributed by atoms with Crippen molar-refractivity contribution in [1.82, 2.24) is 9.62 Å². The zero-order valence-electron chi connectivity index (χ0n) is 12.2. The normalized spacial score (nSPS) is 12.2. The fourth-order valence-electron chi connectivity index (χ4n) is 1.40. The van der Waals surface area contributed by atoms with Crippen LogP contribution in [0, 0.1) is 0 Å². The highest BCUT2D eigenvalue weighted by molar-refractivity contribution is 7.89. The first kappa shape index (κ1) is 17.1. The van der Waals surface area contributed by atoms with Gasteiger partial charge in [-0.2, -0.15) is 0 Å². The second-order valence-corrected chi connectivity index (χ2v) is 7.35. The molecule has 1 aromatic carbocycles. The molecule has 0 saturated carbocycles. The second kappa shape index (κ2) is 5.82. The van der Waals surface area contributed by atoms with Crippen LogP contribution in [0.4, 0.5) is 0 Å². The van der Waals surface area contributed by atoms with Gasteiger partial charge >= 0.3 is 5.97 Å². The van der Waals surface area contributed by atoms with Crippen LogP contribution in [0.25, 0.3) is 0 Å². The number of rotatable bonds is 5. The van der Waals surface area contributed by atoms with Crippen molar-refractivity contribution >= 4 is 21.9 Å². The van der Waals surface area contributed by atoms with E-state index < -0.39 is 27.4 Å². The largest absolute Gasteiger partial charge is 0.480 e. The summed E-state index contributed by atoms with van der Waals surface area (Å²) in [6, 6.07) is 5.28. The summed E-state index contributed by atoms with van der Waals surface area (Å²) in [6.45, 7) is 2.72. The molecule has 8 heteroatoms. The van der Waals surface area contributed by atoms with Gasteiger partial charge in [0.05, 0.1) is 4.90 Å². The van der Waals surface area contributed by atoms with Gasteiger partial charge in [0.15, 0.2) is 0 Å². The van der Waals surface area contributed by atoms with Crippen LogP contribution in [0.5, 0.6) is 0 Å². The standard InChI is InChI=1S/C13H18N2O5S/c1-13(2,12(17)18)14-11(16)9-5-7-10(8-6-9)21(19,20)15(3)4/h5-8H,1-4H3,(H,14,16)(H,17,18). The van der Waals surface area contributed by atoms with Crippen molar-refractivity contribution in [3.63, 3.8) is 0 Å². The van der Waals surface area contributed by atoms with Crippen LogP contribution in [-0.2, 0) is 14.8 Å². The maximum Gasteiger partial charge on any atom is 0.328 e. The first-order valence-corrected chi connectivity index (χ1v) is 7.51. The van der Waals surface area contributed by atoms with Crippen LogP contribution in [0.1, 0.15) is 24.2 Å². The third-order valence-corrected chi connectivity index (χ3v) is 4.69. The van der Waals surface area contributed by atoms with Crippen molar-refractivity contribution in [2.45, 2.75) is 24.3 Å². The fraction of sp³-hybridized carbons (Fsp3) is 0.385. The summed E-state index contributed by atoms with van der Waals surface area (Å²) < 4.78 is 24.8. The molecule has 0 unspecified atom stereocenters. The topological polar surface area (TPSA) is 104 Å². The molecule has 2 N–H and O–H groups in total. The van der Waals surface area contributed by atoms with Crippen LogP contribution in [0.3, 0.4) is 0 Å². The maximum absolute atomic E-state index is 11.9. The van der Waals surface area contributed by atoms with E-state index in [1.165, 1.54) is 52.2 Å². The highest BCUT2D eigenvalue weighted by atomic mass is 32.2. The molecular weight excluding hydrogens is 296 g/mol. The number of nitrogens with one attached hydrogen (secondary N) is 1. The molecule has 0 aromatic heterocycles. The van der Waals surface area contributed by atoms with E-state index in [9.17, 15) is 18.0 Å². The van der Waals surface area contributed by atoms with Gasteiger partial charge < -0.3 is 10.4 Å². The first-order valence-electron chi connectivity index (χ1n) is 6.07. The van der Waals surface area contributed by atoms with Crippen LogP contribution < -0.4 is 5.32 Å². The van der Waals surface area contributed by atoms with Crippen molar-refractivity contribution in [2.24, 2.45) is 0 Å². The Balaban J connectivity index is 2.99. The third kappa shape index (κ3) is 3.79. The van der Waals surface area contributed by atoms with E-state index in [-0.39, 0.29) is 10.5 Å². The van der Waals surface area contributed by atoms with Gasteiger partial charge in [0.1, 0.15) is 5.54 Å². The van der Waals surface area contributed by atoms with Gasteiger partial charge in [-0.15, -0.1) is 0 Å². The molecule has 1 rings (SSSR count). The Kier molecular flexibility index (Phi) is 4.75. The monoisotopic (exact) mass is 314 g/mol. The summed E-state index contributed by atoms with van der Waals surface area (Å²) in [5, 5.41) is 11.3. The van der Waals surface area contributed by atoms with E-state index in [0.717, 1.165) is 4.31 Å². The molecule has 1 amide bonds. The second-order valence-electron chi connectivity index (χ2n) is 5.20. The third-order valence-electron chi connectivity index (χ3n) is 2.86. The summed E-state index contributed by atoms with van der Waals surface area (Å²) >= 11 is 0. The van der Waals surface area contributed by atoms with Gasteiger partial charge in [0.2, 0.25) is 10.0 Å². The predicted molar refractivity (Wildman–Crippen MR) is 76.5 cm³/mol. The predicted octanol–water partition coefficient (Wildman–Crippen LogP) is 0.530. The average molecular weight is 314 g/mol. The lowest BCUT2D eigenvalue weighted by Gasteiger charge is -2.21. The Morgan fingerprint density at radius 3 is 2.00 bits per heavy atom. The maximum atomic E-state index is 11.9. The molecule has 0 aliphatic carbocycles. The molecule has 21 heavy (non-hydrogen) atoms. The molecule has 0 fully saturated rings. The van der Waals surface area contributed by atoms with E-state index in [4.69, 9.17) is 5.11 Å². The minimum Gasteiger partial charge on any atom is -0.480 e. The number of aliphatic carboxylic acids is 1. The quantitative estimate of drug-likeness (QED) is 0.825. The zero-order chi connectivity index (χ0) is 16.4. The molecule has 0 radical (unpaired) electrons. The fourth-order valence-corrected chi connectivity index (χ4v) is 2.30. The summed E-state index contributed by atoms with van der Waals surface area (Å²) in [5.74, 6) is -1.75. The molecule has 116 valence electrons. The number of carbonyl (C=O) groups excluding carboxylic acids is 1. The molecule has 0 aliphatic heterocycles. The van der Waals surface area contributed by atoms with Crippen molar-refractivity contribution in [3.8, 4) is 0 Å². The zero-order valence-corrected chi connectivity index (χ0v) is 13.1. The van der Waals surface area contributed by atoms with Crippen molar-refractivity contribution in [3.05, 3.63) is 29.8 Å². The van der Waals surface area contributed by atoms with E-state index in [2.05, 4.69) is 5.32 Å². The van der Waals surface area contributed by atoms with Gasteiger partial charge in [-0.1, -0.05) is 0 Å². The molecule has 0 bridgehead atoms. The van der Waals surface area contributed by atoms with Crippen molar-refractivity contribution in [1.29, 1.82) is 0 Å². The highest BCUT2D eigenvalue weighted by Gasteiger charge is 2.29. The molecular formula is C13H18N2O5S. The van der Waals surface area contributed by atoms with Crippen molar-refractivity contribution < 1.29 is 23.1 Å². The minimum atomic E-state index is -3.56. The molecule has 0 saturated heterocycles. The Bertz CT molecular complexity index is 648. The summed E-state index contributed by atoms with van der Waals surface area (Å²) in [7, 11) is -0.744. The lowest BCUT2D eigenvalue weighted by Crippen LogP contribution is -2.49. The molecule has 0 aliphatic rings. The van der Waals surface area contributed by atoms with Gasteiger partial charge in [-0.25, -0.2) is 17.5 Å². The number of carboxylic acid groups (broad SMARTS) is 1. The van der Waals surface area contributed by atoms with Crippen LogP contribution in [0.15, 0.2) is 29.2 Å². The van der Waals surface area contributed by atoms with Crippen LogP contribution in [0.2, 0.25) is 0 Å². The van der Waals surface area contributed by atoms with Gasteiger partial charge in [0.25, 0.3) is 5.91 Å². The smallest absolute Gasteiger partial charge is 0.328 e. The van der Waals surface area contributed by atoms with E-state index in [1.54, 1.807) is 0 Å². The first-order chi connectivity index (χ1) is 9.48. The Morgan fingerprint density at radius 1 is 1.14 bits per heavy atom. The number of hydrogen-bond acceptors (Lipinski definition) is 4. The summed E-state index contributed by atoms with van der Waals surface area (Å²) in [4.78, 5) is 22.9. The van der Waals surface area contributed by atoms with E-state index in [1.807, 2.05) is 0 Å². The lowest BCUT2D eigenvalue weighted by molar-refractivity contribution is -0.143. The average Bonchev–Trinajstić information content (AvgIpc) is 2.37. The van der Waals surface area contributed by atoms with Gasteiger partial charge in [0, 0.05) is 19.7 Å². The SMILES string of the molecule is CN(C)S(=O)(=O)c1ccc(C(=O)NC(C)(C)C(=O)O)cc1. The molecule has 7 nitrogen and oxygen atoms in total. The molecule has 0 spiro atoms. The highest BCUT2D eigenvalue weighted by Crippen LogP contribution is 2.14. The minimum absolute atomic E-state index is 0.0570. The number of hydrogen-bond donors (Lipinski definition) is 2. The number of benzene rings is 1. The molecule has 1 aromatic rings. The Morgan fingerprint density at radius 2 is 1.62 bits per heavy atom. The van der Waals surface area contributed by atoms with Crippen LogP contribution >= 0.6 is 0 Å². The lowest BCUT2D eigenvalue weighted by atomic mass is 10.1. The number of carbonyl (C=O) groups is 2. The number of amides is 1. The number of carboxylic acids is 1. The molecule has 0 atom stereocenters. The Labute approximate surface area is 123 Å². The molecule has 0 heterocycles. The van der Waals surface area contributed by atoms with Gasteiger partial charge in [-0.3, -0.25) is 4.79 Å².